The molecule has 25 heavy (non-hydrogen) atoms. The van der Waals surface area contributed by atoms with Crippen molar-refractivity contribution in [2.45, 2.75) is 19.6 Å². The van der Waals surface area contributed by atoms with Crippen LogP contribution in [0.1, 0.15) is 17.0 Å². The van der Waals surface area contributed by atoms with Crippen LogP contribution in [0.25, 0.3) is 0 Å². The van der Waals surface area contributed by atoms with Crippen LogP contribution in [0, 0.1) is 6.92 Å². The average Bonchev–Trinajstić information content (AvgIpc) is 3.05. The molecule has 0 amide bonds. The van der Waals surface area contributed by atoms with Crippen molar-refractivity contribution in [3.63, 3.8) is 0 Å². The molecule has 0 unspecified atom stereocenters. The first kappa shape index (κ1) is 16.8. The van der Waals surface area contributed by atoms with E-state index in [0.717, 1.165) is 17.9 Å². The SMILES string of the molecule is Cc1cc(NCc2ccco2)nc(Nc2cccc(C(F)(F)F)c2)n1. The molecule has 0 saturated carbocycles. The van der Waals surface area contributed by atoms with Crippen molar-refractivity contribution in [3.05, 3.63) is 65.7 Å². The van der Waals surface area contributed by atoms with Gasteiger partial charge in [-0.25, -0.2) is 4.98 Å². The van der Waals surface area contributed by atoms with Crippen molar-refractivity contribution >= 4 is 17.5 Å². The first-order valence-electron chi connectivity index (χ1n) is 7.46. The van der Waals surface area contributed by atoms with Crippen LogP contribution in [0.15, 0.2) is 53.1 Å². The van der Waals surface area contributed by atoms with Gasteiger partial charge in [0, 0.05) is 17.4 Å². The minimum absolute atomic E-state index is 0.210. The Balaban J connectivity index is 1.76. The van der Waals surface area contributed by atoms with Crippen LogP contribution in [-0.2, 0) is 12.7 Å². The van der Waals surface area contributed by atoms with Gasteiger partial charge in [0.2, 0.25) is 5.95 Å². The van der Waals surface area contributed by atoms with E-state index in [2.05, 4.69) is 20.6 Å². The maximum atomic E-state index is 12.8. The predicted octanol–water partition coefficient (Wildman–Crippen LogP) is 4.75. The molecule has 8 heteroatoms. The smallest absolute Gasteiger partial charge is 0.416 e. The summed E-state index contributed by atoms with van der Waals surface area (Å²) in [4.78, 5) is 8.46. The molecule has 2 N–H and O–H groups in total. The number of nitrogens with one attached hydrogen (secondary N) is 2. The second-order valence-electron chi connectivity index (χ2n) is 5.35. The van der Waals surface area contributed by atoms with Gasteiger partial charge in [-0.1, -0.05) is 6.07 Å². The lowest BCUT2D eigenvalue weighted by Crippen LogP contribution is -2.07. The van der Waals surface area contributed by atoms with Gasteiger partial charge in [0.05, 0.1) is 18.4 Å². The lowest BCUT2D eigenvalue weighted by atomic mass is 10.2. The highest BCUT2D eigenvalue weighted by molar-refractivity contribution is 5.56. The number of hydrogen-bond acceptors (Lipinski definition) is 5. The zero-order valence-electron chi connectivity index (χ0n) is 13.3. The van der Waals surface area contributed by atoms with Gasteiger partial charge in [-0.15, -0.1) is 0 Å². The van der Waals surface area contributed by atoms with Crippen LogP contribution in [0.5, 0.6) is 0 Å². The van der Waals surface area contributed by atoms with E-state index in [0.29, 0.717) is 18.1 Å². The van der Waals surface area contributed by atoms with Crippen molar-refractivity contribution in [2.75, 3.05) is 10.6 Å². The summed E-state index contributed by atoms with van der Waals surface area (Å²) in [5.74, 6) is 1.49. The standard InChI is InChI=1S/C17H15F3N4O/c1-11-8-15(21-10-14-6-3-7-25-14)24-16(22-11)23-13-5-2-4-12(9-13)17(18,19)20/h2-9H,10H2,1H3,(H2,21,22,23,24). The zero-order valence-corrected chi connectivity index (χ0v) is 13.3. The van der Waals surface area contributed by atoms with Gasteiger partial charge in [-0.05, 0) is 37.3 Å². The summed E-state index contributed by atoms with van der Waals surface area (Å²) in [7, 11) is 0. The monoisotopic (exact) mass is 348 g/mol. The Kier molecular flexibility index (Phi) is 4.60. The van der Waals surface area contributed by atoms with Crippen LogP contribution >= 0.6 is 0 Å². The number of aryl methyl sites for hydroxylation is 1. The molecule has 0 saturated heterocycles. The summed E-state index contributed by atoms with van der Waals surface area (Å²) in [6.45, 7) is 2.21. The summed E-state index contributed by atoms with van der Waals surface area (Å²) in [5.41, 5.74) is 0.199. The van der Waals surface area contributed by atoms with Gasteiger partial charge < -0.3 is 15.1 Å². The van der Waals surface area contributed by atoms with E-state index in [4.69, 9.17) is 4.42 Å². The molecule has 0 aliphatic carbocycles. The van der Waals surface area contributed by atoms with Crippen LogP contribution in [-0.4, -0.2) is 9.97 Å². The van der Waals surface area contributed by atoms with Gasteiger partial charge in [-0.3, -0.25) is 0 Å². The topological polar surface area (TPSA) is 63.0 Å². The fourth-order valence-electron chi connectivity index (χ4n) is 2.21. The third kappa shape index (κ3) is 4.50. The Bertz CT molecular complexity index is 847. The first-order chi connectivity index (χ1) is 11.9. The number of anilines is 3. The maximum absolute atomic E-state index is 12.8. The molecular formula is C17H15F3N4O. The van der Waals surface area contributed by atoms with E-state index in [9.17, 15) is 13.2 Å². The number of hydrogen-bond donors (Lipinski definition) is 2. The van der Waals surface area contributed by atoms with E-state index in [1.165, 1.54) is 12.1 Å². The average molecular weight is 348 g/mol. The van der Waals surface area contributed by atoms with Gasteiger partial charge in [0.1, 0.15) is 11.6 Å². The van der Waals surface area contributed by atoms with E-state index < -0.39 is 11.7 Å². The Hall–Kier alpha value is -3.03. The Morgan fingerprint density at radius 1 is 1.08 bits per heavy atom. The number of alkyl halides is 3. The van der Waals surface area contributed by atoms with Gasteiger partial charge in [-0.2, -0.15) is 18.2 Å². The van der Waals surface area contributed by atoms with E-state index in [1.54, 1.807) is 25.3 Å². The molecule has 5 nitrogen and oxygen atoms in total. The fraction of sp³-hybridized carbons (Fsp3) is 0.176. The minimum Gasteiger partial charge on any atom is -0.467 e. The van der Waals surface area contributed by atoms with E-state index >= 15 is 0 Å². The Labute approximate surface area is 141 Å². The van der Waals surface area contributed by atoms with E-state index in [1.807, 2.05) is 6.07 Å². The normalized spacial score (nSPS) is 11.4. The molecule has 130 valence electrons. The molecule has 3 rings (SSSR count). The Morgan fingerprint density at radius 3 is 2.64 bits per heavy atom. The minimum atomic E-state index is -4.40. The molecule has 0 bridgehead atoms. The highest BCUT2D eigenvalue weighted by Crippen LogP contribution is 2.31. The van der Waals surface area contributed by atoms with Crippen molar-refractivity contribution in [3.8, 4) is 0 Å². The number of halogens is 3. The Morgan fingerprint density at radius 2 is 1.92 bits per heavy atom. The van der Waals surface area contributed by atoms with Crippen LogP contribution in [0.2, 0.25) is 0 Å². The fourth-order valence-corrected chi connectivity index (χ4v) is 2.21. The molecular weight excluding hydrogens is 333 g/mol. The lowest BCUT2D eigenvalue weighted by molar-refractivity contribution is -0.137. The molecule has 0 spiro atoms. The summed E-state index contributed by atoms with van der Waals surface area (Å²) in [5, 5.41) is 5.89. The van der Waals surface area contributed by atoms with Gasteiger partial charge in [0.25, 0.3) is 0 Å². The van der Waals surface area contributed by atoms with Crippen molar-refractivity contribution in [1.29, 1.82) is 0 Å². The van der Waals surface area contributed by atoms with Crippen LogP contribution < -0.4 is 10.6 Å². The molecule has 2 aromatic heterocycles. The molecule has 2 heterocycles. The second kappa shape index (κ2) is 6.84. The van der Waals surface area contributed by atoms with Crippen molar-refractivity contribution in [2.24, 2.45) is 0 Å². The molecule has 3 aromatic rings. The summed E-state index contributed by atoms with van der Waals surface area (Å²) in [6, 6.07) is 10.2. The highest BCUT2D eigenvalue weighted by atomic mass is 19.4. The highest BCUT2D eigenvalue weighted by Gasteiger charge is 2.30. The molecule has 0 aliphatic rings. The third-order valence-corrected chi connectivity index (χ3v) is 3.32. The number of aromatic nitrogens is 2. The summed E-state index contributed by atoms with van der Waals surface area (Å²) in [6.07, 6.45) is -2.83. The van der Waals surface area contributed by atoms with Crippen LogP contribution in [0.4, 0.5) is 30.6 Å². The largest absolute Gasteiger partial charge is 0.467 e. The molecule has 0 atom stereocenters. The second-order valence-corrected chi connectivity index (χ2v) is 5.35. The summed E-state index contributed by atoms with van der Waals surface area (Å²) >= 11 is 0. The van der Waals surface area contributed by atoms with Gasteiger partial charge in [0.15, 0.2) is 0 Å². The van der Waals surface area contributed by atoms with E-state index in [-0.39, 0.29) is 11.6 Å². The summed E-state index contributed by atoms with van der Waals surface area (Å²) < 4.78 is 43.6. The quantitative estimate of drug-likeness (QED) is 0.696. The van der Waals surface area contributed by atoms with Crippen LogP contribution in [0.3, 0.4) is 0 Å². The molecule has 0 radical (unpaired) electrons. The van der Waals surface area contributed by atoms with Crippen molar-refractivity contribution < 1.29 is 17.6 Å². The number of benzene rings is 1. The zero-order chi connectivity index (χ0) is 17.9. The predicted molar refractivity (Wildman–Crippen MR) is 87.5 cm³/mol. The lowest BCUT2D eigenvalue weighted by Gasteiger charge is -2.11. The number of rotatable bonds is 5. The maximum Gasteiger partial charge on any atom is 0.416 e. The molecule has 0 fully saturated rings. The van der Waals surface area contributed by atoms with Crippen molar-refractivity contribution in [1.82, 2.24) is 9.97 Å². The molecule has 0 aliphatic heterocycles. The van der Waals surface area contributed by atoms with Gasteiger partial charge >= 0.3 is 6.18 Å². The number of nitrogens with zero attached hydrogens (tertiary/aromatic N) is 2. The number of furan rings is 1. The first-order valence-corrected chi connectivity index (χ1v) is 7.46. The molecule has 1 aromatic carbocycles. The third-order valence-electron chi connectivity index (χ3n) is 3.32.